The molecule has 0 spiro atoms. The van der Waals surface area contributed by atoms with E-state index in [9.17, 15) is 21.0 Å². The summed E-state index contributed by atoms with van der Waals surface area (Å²) < 4.78 is 0. The van der Waals surface area contributed by atoms with Crippen LogP contribution in [0.1, 0.15) is 56.1 Å². The molecule has 278 valence electrons. The number of rotatable bonds is 19. The molecule has 1 aliphatic rings. The fourth-order valence-electron chi connectivity index (χ4n) is 8.18. The highest BCUT2D eigenvalue weighted by Gasteiger charge is 2.34. The van der Waals surface area contributed by atoms with E-state index >= 15 is 0 Å². The quantitative estimate of drug-likeness (QED) is 0.106. The summed E-state index contributed by atoms with van der Waals surface area (Å²) >= 11 is 0. The summed E-state index contributed by atoms with van der Waals surface area (Å²) in [5.74, 6) is 0.0497. The average Bonchev–Trinajstić information content (AvgIpc) is 3.55. The van der Waals surface area contributed by atoms with E-state index in [0.717, 1.165) is 60.0 Å². The topological polar surface area (TPSA) is 105 Å². The highest BCUT2D eigenvalue weighted by Crippen LogP contribution is 2.50. The molecule has 0 saturated heterocycles. The summed E-state index contributed by atoms with van der Waals surface area (Å²) in [5.41, 5.74) is 5.07. The average molecular weight is 726 g/mol. The van der Waals surface area contributed by atoms with Crippen LogP contribution in [-0.4, -0.2) is 73.6 Å². The third-order valence-electron chi connectivity index (χ3n) is 10.9. The van der Waals surface area contributed by atoms with Crippen LogP contribution in [0.15, 0.2) is 73.3 Å². The van der Waals surface area contributed by atoms with Gasteiger partial charge in [-0.25, -0.2) is 0 Å². The van der Waals surface area contributed by atoms with Gasteiger partial charge in [-0.2, -0.15) is 21.0 Å². The first-order chi connectivity index (χ1) is 26.9. The third-order valence-corrected chi connectivity index (χ3v) is 10.9. The lowest BCUT2D eigenvalue weighted by Crippen LogP contribution is -2.49. The maximum Gasteiger partial charge on any atom is 0.0635 e. The van der Waals surface area contributed by atoms with Gasteiger partial charge >= 0.3 is 0 Å². The van der Waals surface area contributed by atoms with E-state index in [2.05, 4.69) is 132 Å². The van der Waals surface area contributed by atoms with Crippen LogP contribution in [0.5, 0.6) is 0 Å². The Kier molecular flexibility index (Phi) is 14.7. The smallest absolute Gasteiger partial charge is 0.0635 e. The first-order valence-electron chi connectivity index (χ1n) is 19.3. The fraction of sp³-hybridized carbons (Fsp3) is 0.333. The van der Waals surface area contributed by atoms with Crippen LogP contribution in [0.3, 0.4) is 0 Å². The van der Waals surface area contributed by atoms with Gasteiger partial charge in [0.15, 0.2) is 0 Å². The van der Waals surface area contributed by atoms with E-state index in [1.165, 1.54) is 43.8 Å². The van der Waals surface area contributed by atoms with E-state index in [1.54, 1.807) is 0 Å². The Balaban J connectivity index is 1.67. The summed E-state index contributed by atoms with van der Waals surface area (Å²) in [6.07, 6.45) is 12.8. The molecule has 4 aromatic rings. The highest BCUT2D eigenvalue weighted by atomic mass is 15.2. The second-order valence-electron chi connectivity index (χ2n) is 14.0. The lowest BCUT2D eigenvalue weighted by molar-refractivity contribution is 0.176. The van der Waals surface area contributed by atoms with Crippen molar-refractivity contribution >= 4 is 46.9 Å². The summed E-state index contributed by atoms with van der Waals surface area (Å²) in [6.45, 7) is 21.6. The minimum absolute atomic E-state index is 0.0497. The van der Waals surface area contributed by atoms with Gasteiger partial charge in [-0.05, 0) is 84.6 Å². The lowest BCUT2D eigenvalue weighted by atomic mass is 9.86. The van der Waals surface area contributed by atoms with Gasteiger partial charge < -0.3 is 14.7 Å². The van der Waals surface area contributed by atoms with E-state index in [1.807, 2.05) is 13.0 Å². The van der Waals surface area contributed by atoms with Crippen molar-refractivity contribution in [2.75, 3.05) is 58.9 Å². The molecule has 1 atom stereocenters. The largest absolute Gasteiger partial charge is 0.301 e. The molecule has 0 fully saturated rings. The van der Waals surface area contributed by atoms with Crippen molar-refractivity contribution in [1.29, 1.82) is 21.0 Å². The van der Waals surface area contributed by atoms with Crippen molar-refractivity contribution in [3.8, 4) is 35.4 Å². The molecule has 0 radical (unpaired) electrons. The number of benzene rings is 4. The molecule has 0 aliphatic heterocycles. The molecule has 4 aromatic carbocycles. The highest BCUT2D eigenvalue weighted by molar-refractivity contribution is 6.17. The zero-order valence-electron chi connectivity index (χ0n) is 32.2. The van der Waals surface area contributed by atoms with Crippen LogP contribution in [0.4, 0.5) is 0 Å². The predicted octanol–water partition coefficient (Wildman–Crippen LogP) is 6.20. The van der Waals surface area contributed by atoms with Crippen molar-refractivity contribution in [2.45, 2.75) is 44.9 Å². The van der Waals surface area contributed by atoms with Gasteiger partial charge in [0.1, 0.15) is 0 Å². The molecular formula is C48H51N7. The molecule has 7 nitrogen and oxygen atoms in total. The molecule has 0 aromatic heterocycles. The lowest BCUT2D eigenvalue weighted by Gasteiger charge is -2.30. The zero-order valence-corrected chi connectivity index (χ0v) is 32.2. The number of nitriles is 4. The SMILES string of the molecule is C=C/C=c1/c2c(/c(=C/C=C\C)c(=C)c1=C)-c1c(c3ccccc3c3ccccc13)C2CCN(CCN(CCC#N)CCC#N)CCN(CCC#N)CCC#N. The monoisotopic (exact) mass is 725 g/mol. The minimum Gasteiger partial charge on any atom is -0.301 e. The summed E-state index contributed by atoms with van der Waals surface area (Å²) in [7, 11) is 0. The van der Waals surface area contributed by atoms with E-state index in [0.29, 0.717) is 51.9 Å². The second kappa shape index (κ2) is 20.0. The van der Waals surface area contributed by atoms with Crippen LogP contribution >= 0.6 is 0 Å². The Morgan fingerprint density at radius 1 is 0.564 bits per heavy atom. The number of fused-ring (bicyclic) bond motifs is 8. The molecule has 0 N–H and O–H groups in total. The normalized spacial score (nSPS) is 14.1. The molecule has 0 saturated carbocycles. The molecule has 0 amide bonds. The Hall–Kier alpha value is -5.80. The number of allylic oxidation sites excluding steroid dienone is 3. The second-order valence-corrected chi connectivity index (χ2v) is 14.0. The minimum atomic E-state index is 0.0497. The first kappa shape index (κ1) is 40.4. The van der Waals surface area contributed by atoms with E-state index in [4.69, 9.17) is 0 Å². The van der Waals surface area contributed by atoms with Crippen molar-refractivity contribution in [1.82, 2.24) is 14.7 Å². The Morgan fingerprint density at radius 3 is 1.51 bits per heavy atom. The van der Waals surface area contributed by atoms with Gasteiger partial charge in [-0.15, -0.1) is 0 Å². The molecular weight excluding hydrogens is 675 g/mol. The Labute approximate surface area is 326 Å². The molecule has 1 unspecified atom stereocenters. The van der Waals surface area contributed by atoms with Gasteiger partial charge in [-0.3, -0.25) is 0 Å². The van der Waals surface area contributed by atoms with Crippen LogP contribution in [0.2, 0.25) is 0 Å². The first-order valence-corrected chi connectivity index (χ1v) is 19.3. The number of hydrogen-bond acceptors (Lipinski definition) is 7. The van der Waals surface area contributed by atoms with Crippen LogP contribution < -0.4 is 20.9 Å². The molecule has 1 aliphatic carbocycles. The Morgan fingerprint density at radius 2 is 1.02 bits per heavy atom. The van der Waals surface area contributed by atoms with Crippen LogP contribution in [-0.2, 0) is 0 Å². The van der Waals surface area contributed by atoms with Crippen molar-refractivity contribution in [2.24, 2.45) is 0 Å². The van der Waals surface area contributed by atoms with Gasteiger partial charge in [0.05, 0.1) is 24.3 Å². The van der Waals surface area contributed by atoms with Crippen LogP contribution in [0.25, 0.3) is 58.0 Å². The summed E-state index contributed by atoms with van der Waals surface area (Å²) in [6, 6.07) is 26.6. The van der Waals surface area contributed by atoms with E-state index < -0.39 is 0 Å². The maximum absolute atomic E-state index is 9.35. The maximum atomic E-state index is 9.35. The molecule has 5 rings (SSSR count). The van der Waals surface area contributed by atoms with Crippen LogP contribution in [0, 0.1) is 45.3 Å². The standard InChI is InChI=1S/C48H51N7/c1-5-7-17-39-37(4)36(3)38(16-6-2)45-44(46-42-20-10-8-18-40(42)41-19-9-11-21-43(41)48(46)47(39)45)22-31-55(34-32-53(27-12-23-49)28-13-24-50)35-33-54(29-14-25-51)30-15-26-52/h5-11,16-21,44H,2-4,12-15,22,27-35H2,1H3/b7-5-,38-16+,39-17+. The number of nitrogens with zero attached hydrogens (tertiary/aromatic N) is 7. The molecule has 0 heterocycles. The predicted molar refractivity (Wildman–Crippen MR) is 227 cm³/mol. The zero-order chi connectivity index (χ0) is 39.2. The summed E-state index contributed by atoms with van der Waals surface area (Å²) in [5, 5.41) is 46.3. The molecule has 55 heavy (non-hydrogen) atoms. The van der Waals surface area contributed by atoms with Gasteiger partial charge in [0.2, 0.25) is 0 Å². The van der Waals surface area contributed by atoms with Crippen molar-refractivity contribution < 1.29 is 0 Å². The van der Waals surface area contributed by atoms with Crippen molar-refractivity contribution in [3.05, 3.63) is 105 Å². The third kappa shape index (κ3) is 9.12. The van der Waals surface area contributed by atoms with E-state index in [-0.39, 0.29) is 5.92 Å². The number of hydrogen-bond donors (Lipinski definition) is 0. The molecule has 0 bridgehead atoms. The van der Waals surface area contributed by atoms with Crippen molar-refractivity contribution in [3.63, 3.8) is 0 Å². The van der Waals surface area contributed by atoms with Gasteiger partial charge in [-0.1, -0.05) is 98.6 Å². The van der Waals surface area contributed by atoms with Gasteiger partial charge in [0, 0.05) is 84.0 Å². The summed E-state index contributed by atoms with van der Waals surface area (Å²) in [4.78, 5) is 6.92. The van der Waals surface area contributed by atoms with Gasteiger partial charge in [0.25, 0.3) is 0 Å². The fourth-order valence-corrected chi connectivity index (χ4v) is 8.18. The Bertz CT molecular complexity index is 2370. The molecule has 7 heteroatoms.